The lowest BCUT2D eigenvalue weighted by Crippen LogP contribution is -2.43. The topological polar surface area (TPSA) is 134 Å². The highest BCUT2D eigenvalue weighted by molar-refractivity contribution is 5.79. The van der Waals surface area contributed by atoms with E-state index in [2.05, 4.69) is 20.6 Å². The van der Waals surface area contributed by atoms with Crippen LogP contribution in [0.2, 0.25) is 0 Å². The maximum atomic E-state index is 13.7. The molecule has 1 aliphatic rings. The van der Waals surface area contributed by atoms with E-state index >= 15 is 0 Å². The molecule has 0 saturated carbocycles. The Morgan fingerprint density at radius 2 is 1.85 bits per heavy atom. The predicted octanol–water partition coefficient (Wildman–Crippen LogP) is 3.49. The fraction of sp³-hybridized carbons (Fsp3) is 0.310. The molecule has 1 fully saturated rings. The quantitative estimate of drug-likeness (QED) is 0.238. The van der Waals surface area contributed by atoms with E-state index in [4.69, 9.17) is 24.5 Å². The first-order chi connectivity index (χ1) is 19.5. The number of carbonyl (C=O) groups is 1. The SMILES string of the molecule is CC(Nc1nccc(-c2[nH]c(CC3OCC(C(=O)NCCO)CO3)nc2-c2ccc(F)cc2)n1)c1ccccc1. The van der Waals surface area contributed by atoms with Crippen molar-refractivity contribution in [2.45, 2.75) is 25.7 Å². The summed E-state index contributed by atoms with van der Waals surface area (Å²) in [5, 5.41) is 14.9. The Bertz CT molecular complexity index is 1410. The molecule has 5 rings (SSSR count). The summed E-state index contributed by atoms with van der Waals surface area (Å²) in [6.45, 7) is 2.48. The van der Waals surface area contributed by atoms with Crippen LogP contribution in [0.5, 0.6) is 0 Å². The first kappa shape index (κ1) is 27.4. The molecule has 4 aromatic rings. The average Bonchev–Trinajstić information content (AvgIpc) is 3.41. The Morgan fingerprint density at radius 1 is 1.10 bits per heavy atom. The van der Waals surface area contributed by atoms with Crippen LogP contribution in [-0.2, 0) is 20.7 Å². The predicted molar refractivity (Wildman–Crippen MR) is 146 cm³/mol. The number of nitrogens with zero attached hydrogens (tertiary/aromatic N) is 3. The van der Waals surface area contributed by atoms with Crippen LogP contribution in [0.4, 0.5) is 10.3 Å². The lowest BCUT2D eigenvalue weighted by molar-refractivity contribution is -0.200. The number of aromatic nitrogens is 4. The zero-order valence-corrected chi connectivity index (χ0v) is 22.0. The highest BCUT2D eigenvalue weighted by Crippen LogP contribution is 2.31. The Labute approximate surface area is 231 Å². The van der Waals surface area contributed by atoms with Crippen LogP contribution < -0.4 is 10.6 Å². The number of H-pyrrole nitrogens is 1. The Kier molecular flexibility index (Phi) is 8.74. The van der Waals surface area contributed by atoms with E-state index in [0.717, 1.165) is 11.1 Å². The van der Waals surface area contributed by atoms with Gasteiger partial charge in [0, 0.05) is 18.3 Å². The van der Waals surface area contributed by atoms with Crippen molar-refractivity contribution in [2.75, 3.05) is 31.7 Å². The monoisotopic (exact) mass is 546 g/mol. The number of aliphatic hydroxyl groups is 1. The molecule has 1 amide bonds. The summed E-state index contributed by atoms with van der Waals surface area (Å²) < 4.78 is 25.3. The maximum absolute atomic E-state index is 13.7. The molecule has 2 aromatic carbocycles. The van der Waals surface area contributed by atoms with Gasteiger partial charge in [-0.1, -0.05) is 30.3 Å². The number of anilines is 1. The molecule has 4 N–H and O–H groups in total. The number of nitrogens with one attached hydrogen (secondary N) is 3. The lowest BCUT2D eigenvalue weighted by Gasteiger charge is -2.28. The van der Waals surface area contributed by atoms with Crippen molar-refractivity contribution in [3.63, 3.8) is 0 Å². The average molecular weight is 547 g/mol. The second-order valence-electron chi connectivity index (χ2n) is 9.47. The van der Waals surface area contributed by atoms with Gasteiger partial charge in [0.1, 0.15) is 11.6 Å². The first-order valence-electron chi connectivity index (χ1n) is 13.1. The van der Waals surface area contributed by atoms with Crippen molar-refractivity contribution in [3.05, 3.63) is 84.1 Å². The van der Waals surface area contributed by atoms with Gasteiger partial charge >= 0.3 is 0 Å². The number of aliphatic hydroxyl groups excluding tert-OH is 1. The number of hydrogen-bond donors (Lipinski definition) is 4. The molecule has 40 heavy (non-hydrogen) atoms. The Hall–Kier alpha value is -4.19. The lowest BCUT2D eigenvalue weighted by atomic mass is 10.1. The van der Waals surface area contributed by atoms with Crippen molar-refractivity contribution in [2.24, 2.45) is 5.92 Å². The van der Waals surface area contributed by atoms with Crippen LogP contribution in [0.15, 0.2) is 66.9 Å². The third-order valence-corrected chi connectivity index (χ3v) is 6.54. The van der Waals surface area contributed by atoms with Crippen LogP contribution in [0.25, 0.3) is 22.6 Å². The van der Waals surface area contributed by atoms with Crippen LogP contribution in [0.1, 0.15) is 24.4 Å². The van der Waals surface area contributed by atoms with E-state index in [0.29, 0.717) is 35.3 Å². The molecular weight excluding hydrogens is 515 g/mol. The zero-order valence-electron chi connectivity index (χ0n) is 22.0. The third kappa shape index (κ3) is 6.68. The minimum absolute atomic E-state index is 0.0134. The van der Waals surface area contributed by atoms with Gasteiger partial charge in [-0.15, -0.1) is 0 Å². The molecule has 0 bridgehead atoms. The van der Waals surface area contributed by atoms with Crippen molar-refractivity contribution in [3.8, 4) is 22.6 Å². The van der Waals surface area contributed by atoms with Crippen molar-refractivity contribution < 1.29 is 23.8 Å². The summed E-state index contributed by atoms with van der Waals surface area (Å²) in [6, 6.07) is 17.9. The summed E-state index contributed by atoms with van der Waals surface area (Å²) in [4.78, 5) is 29.4. The number of hydrogen-bond acceptors (Lipinski definition) is 8. The summed E-state index contributed by atoms with van der Waals surface area (Å²) >= 11 is 0. The van der Waals surface area contributed by atoms with Crippen LogP contribution in [-0.4, -0.2) is 63.6 Å². The summed E-state index contributed by atoms with van der Waals surface area (Å²) in [5.41, 5.74) is 3.69. The Balaban J connectivity index is 1.36. The highest BCUT2D eigenvalue weighted by atomic mass is 19.1. The number of rotatable bonds is 10. The molecule has 0 aliphatic carbocycles. The summed E-state index contributed by atoms with van der Waals surface area (Å²) in [6.07, 6.45) is 1.38. The van der Waals surface area contributed by atoms with E-state index in [9.17, 15) is 9.18 Å². The van der Waals surface area contributed by atoms with E-state index in [1.165, 1.54) is 12.1 Å². The number of carbonyl (C=O) groups excluding carboxylic acids is 1. The molecule has 208 valence electrons. The molecule has 11 heteroatoms. The van der Waals surface area contributed by atoms with Gasteiger partial charge < -0.3 is 30.2 Å². The largest absolute Gasteiger partial charge is 0.395 e. The van der Waals surface area contributed by atoms with Crippen LogP contribution in [0, 0.1) is 11.7 Å². The normalized spacial score (nSPS) is 17.8. The van der Waals surface area contributed by atoms with Gasteiger partial charge in [0.15, 0.2) is 6.29 Å². The van der Waals surface area contributed by atoms with Gasteiger partial charge in [-0.25, -0.2) is 19.3 Å². The number of amides is 1. The van der Waals surface area contributed by atoms with Gasteiger partial charge in [0.05, 0.1) is 55.3 Å². The highest BCUT2D eigenvalue weighted by Gasteiger charge is 2.29. The molecule has 10 nitrogen and oxygen atoms in total. The van der Waals surface area contributed by atoms with Crippen molar-refractivity contribution >= 4 is 11.9 Å². The maximum Gasteiger partial charge on any atom is 0.227 e. The molecule has 1 unspecified atom stereocenters. The van der Waals surface area contributed by atoms with Gasteiger partial charge in [0.2, 0.25) is 11.9 Å². The minimum atomic E-state index is -0.601. The second-order valence-corrected chi connectivity index (χ2v) is 9.47. The zero-order chi connectivity index (χ0) is 27.9. The number of ether oxygens (including phenoxy) is 2. The smallest absolute Gasteiger partial charge is 0.227 e. The molecule has 1 atom stereocenters. The van der Waals surface area contributed by atoms with E-state index in [-0.39, 0.29) is 44.1 Å². The Morgan fingerprint density at radius 3 is 2.58 bits per heavy atom. The third-order valence-electron chi connectivity index (χ3n) is 6.54. The molecular formula is C29H31FN6O4. The molecule has 3 heterocycles. The fourth-order valence-corrected chi connectivity index (χ4v) is 4.40. The molecule has 2 aromatic heterocycles. The molecule has 1 aliphatic heterocycles. The van der Waals surface area contributed by atoms with Gasteiger partial charge in [0.25, 0.3) is 0 Å². The summed E-state index contributed by atoms with van der Waals surface area (Å²) in [5.74, 6) is 0.0370. The van der Waals surface area contributed by atoms with Crippen LogP contribution in [0.3, 0.4) is 0 Å². The first-order valence-corrected chi connectivity index (χ1v) is 13.1. The number of imidazole rings is 1. The molecule has 0 spiro atoms. The minimum Gasteiger partial charge on any atom is -0.395 e. The second kappa shape index (κ2) is 12.8. The number of halogens is 1. The van der Waals surface area contributed by atoms with Gasteiger partial charge in [-0.05, 0) is 42.8 Å². The van der Waals surface area contributed by atoms with Crippen molar-refractivity contribution in [1.82, 2.24) is 25.3 Å². The van der Waals surface area contributed by atoms with Gasteiger partial charge in [-0.2, -0.15) is 0 Å². The number of benzene rings is 2. The van der Waals surface area contributed by atoms with E-state index < -0.39 is 12.2 Å². The summed E-state index contributed by atoms with van der Waals surface area (Å²) in [7, 11) is 0. The molecule has 0 radical (unpaired) electrons. The van der Waals surface area contributed by atoms with Crippen molar-refractivity contribution in [1.29, 1.82) is 0 Å². The van der Waals surface area contributed by atoms with Crippen LogP contribution >= 0.6 is 0 Å². The fourth-order valence-electron chi connectivity index (χ4n) is 4.40. The van der Waals surface area contributed by atoms with E-state index in [1.54, 1.807) is 24.4 Å². The van der Waals surface area contributed by atoms with E-state index in [1.807, 2.05) is 37.3 Å². The standard InChI is InChI=1S/C29H31FN6O4/c1-18(19-5-3-2-4-6-19)33-29-32-12-11-23(34-29)27-26(20-7-9-22(30)10-8-20)35-24(36-27)15-25-39-16-21(17-40-25)28(38)31-13-14-37/h2-12,18,21,25,37H,13-17H2,1H3,(H,31,38)(H,35,36)(H,32,33,34). The molecule has 1 saturated heterocycles. The number of aromatic amines is 1. The van der Waals surface area contributed by atoms with Gasteiger partial charge in [-0.3, -0.25) is 4.79 Å².